The maximum Gasteiger partial charge on any atom is 0.235 e. The van der Waals surface area contributed by atoms with Gasteiger partial charge in [0.25, 0.3) is 0 Å². The first-order chi connectivity index (χ1) is 9.09. The number of imide groups is 1. The first-order valence-electron chi connectivity index (χ1n) is 7.58. The molecule has 1 heterocycles. The molecule has 1 saturated carbocycles. The van der Waals surface area contributed by atoms with Gasteiger partial charge < -0.3 is 5.32 Å². The van der Waals surface area contributed by atoms with Crippen LogP contribution in [0.4, 0.5) is 0 Å². The van der Waals surface area contributed by atoms with Crippen molar-refractivity contribution in [2.75, 3.05) is 20.1 Å². The quantitative estimate of drug-likeness (QED) is 0.791. The number of carbonyl (C=O) groups is 2. The summed E-state index contributed by atoms with van der Waals surface area (Å²) in [7, 11) is 1.90. The predicted molar refractivity (Wildman–Crippen MR) is 74.6 cm³/mol. The lowest BCUT2D eigenvalue weighted by atomic mass is 9.79. The highest BCUT2D eigenvalue weighted by molar-refractivity contribution is 6.05. The van der Waals surface area contributed by atoms with Crippen molar-refractivity contribution in [3.63, 3.8) is 0 Å². The molecule has 1 aliphatic heterocycles. The molecule has 0 aromatic heterocycles. The van der Waals surface area contributed by atoms with Gasteiger partial charge in [0.15, 0.2) is 0 Å². The van der Waals surface area contributed by atoms with E-state index in [-0.39, 0.29) is 17.2 Å². The highest BCUT2D eigenvalue weighted by Gasteiger charge is 2.50. The van der Waals surface area contributed by atoms with Gasteiger partial charge in [-0.05, 0) is 32.4 Å². The van der Waals surface area contributed by atoms with Crippen molar-refractivity contribution in [2.24, 2.45) is 11.3 Å². The van der Waals surface area contributed by atoms with Gasteiger partial charge in [-0.3, -0.25) is 14.5 Å². The smallest absolute Gasteiger partial charge is 0.235 e. The highest BCUT2D eigenvalue weighted by Crippen LogP contribution is 2.44. The van der Waals surface area contributed by atoms with E-state index in [0.29, 0.717) is 18.9 Å². The van der Waals surface area contributed by atoms with Gasteiger partial charge in [0.1, 0.15) is 0 Å². The minimum absolute atomic E-state index is 0.0508. The molecule has 2 rings (SSSR count). The summed E-state index contributed by atoms with van der Waals surface area (Å²) in [5.74, 6) is 0.482. The number of hydrogen-bond donors (Lipinski definition) is 1. The van der Waals surface area contributed by atoms with E-state index < -0.39 is 0 Å². The van der Waals surface area contributed by atoms with Gasteiger partial charge in [-0.25, -0.2) is 0 Å². The lowest BCUT2D eigenvalue weighted by molar-refractivity contribution is -0.142. The average molecular weight is 266 g/mol. The fourth-order valence-corrected chi connectivity index (χ4v) is 3.57. The zero-order valence-electron chi connectivity index (χ0n) is 12.2. The molecule has 108 valence electrons. The third-order valence-electron chi connectivity index (χ3n) is 4.60. The lowest BCUT2D eigenvalue weighted by Crippen LogP contribution is -2.39. The molecule has 1 atom stereocenters. The number of likely N-dealkylation sites (tertiary alicyclic amines) is 1. The van der Waals surface area contributed by atoms with Crippen LogP contribution in [0.5, 0.6) is 0 Å². The van der Waals surface area contributed by atoms with Crippen LogP contribution in [0.1, 0.15) is 51.9 Å². The maximum atomic E-state index is 12.7. The van der Waals surface area contributed by atoms with Crippen LogP contribution in [0, 0.1) is 11.3 Å². The van der Waals surface area contributed by atoms with Crippen LogP contribution < -0.4 is 5.32 Å². The standard InChI is InChI=1S/C15H26N2O2/c1-12(10-16-2)11-17-13(18)9-15(14(17)19)7-5-3-4-6-8-15/h12,16H,3-11H2,1-2H3. The number of nitrogens with one attached hydrogen (secondary N) is 1. The number of nitrogens with zero attached hydrogens (tertiary/aromatic N) is 1. The largest absolute Gasteiger partial charge is 0.319 e. The van der Waals surface area contributed by atoms with Gasteiger partial charge in [0.05, 0.1) is 5.41 Å². The van der Waals surface area contributed by atoms with Gasteiger partial charge in [-0.2, -0.15) is 0 Å². The van der Waals surface area contributed by atoms with Crippen LogP contribution in [0.15, 0.2) is 0 Å². The molecule has 0 radical (unpaired) electrons. The van der Waals surface area contributed by atoms with E-state index in [1.165, 1.54) is 17.7 Å². The number of hydrogen-bond acceptors (Lipinski definition) is 3. The third kappa shape index (κ3) is 2.99. The van der Waals surface area contributed by atoms with Crippen molar-refractivity contribution >= 4 is 11.8 Å². The van der Waals surface area contributed by atoms with Crippen LogP contribution in [0.3, 0.4) is 0 Å². The number of carbonyl (C=O) groups excluding carboxylic acids is 2. The van der Waals surface area contributed by atoms with Gasteiger partial charge >= 0.3 is 0 Å². The zero-order valence-corrected chi connectivity index (χ0v) is 12.2. The van der Waals surface area contributed by atoms with Gasteiger partial charge in [-0.1, -0.05) is 32.6 Å². The molecule has 1 unspecified atom stereocenters. The SMILES string of the molecule is CNCC(C)CN1C(=O)CC2(CCCCCC2)C1=O. The Morgan fingerprint density at radius 2 is 1.84 bits per heavy atom. The van der Waals surface area contributed by atoms with E-state index in [1.807, 2.05) is 7.05 Å². The molecule has 2 amide bonds. The van der Waals surface area contributed by atoms with Crippen molar-refractivity contribution < 1.29 is 9.59 Å². The average Bonchev–Trinajstić information content (AvgIpc) is 2.57. The highest BCUT2D eigenvalue weighted by atomic mass is 16.2. The van der Waals surface area contributed by atoms with E-state index in [2.05, 4.69) is 12.2 Å². The molecule has 1 saturated heterocycles. The van der Waals surface area contributed by atoms with Crippen LogP contribution in [0.25, 0.3) is 0 Å². The van der Waals surface area contributed by atoms with E-state index in [0.717, 1.165) is 32.2 Å². The molecular weight excluding hydrogens is 240 g/mol. The Bertz CT molecular complexity index is 346. The molecule has 2 aliphatic rings. The summed E-state index contributed by atoms with van der Waals surface area (Å²) in [5.41, 5.74) is -0.340. The fraction of sp³-hybridized carbons (Fsp3) is 0.867. The van der Waals surface area contributed by atoms with Crippen molar-refractivity contribution in [3.05, 3.63) is 0 Å². The second kappa shape index (κ2) is 6.04. The van der Waals surface area contributed by atoms with Gasteiger partial charge in [0.2, 0.25) is 11.8 Å². The Balaban J connectivity index is 2.06. The molecule has 4 nitrogen and oxygen atoms in total. The van der Waals surface area contributed by atoms with Crippen molar-refractivity contribution in [1.82, 2.24) is 10.2 Å². The molecule has 4 heteroatoms. The first-order valence-corrected chi connectivity index (χ1v) is 7.58. The van der Waals surface area contributed by atoms with E-state index in [4.69, 9.17) is 0 Å². The van der Waals surface area contributed by atoms with Crippen LogP contribution in [-0.2, 0) is 9.59 Å². The van der Waals surface area contributed by atoms with Crippen LogP contribution >= 0.6 is 0 Å². The fourth-order valence-electron chi connectivity index (χ4n) is 3.57. The summed E-state index contributed by atoms with van der Waals surface area (Å²) in [6.07, 6.45) is 6.89. The van der Waals surface area contributed by atoms with E-state index in [9.17, 15) is 9.59 Å². The molecule has 19 heavy (non-hydrogen) atoms. The van der Waals surface area contributed by atoms with Crippen LogP contribution in [-0.4, -0.2) is 36.9 Å². The topological polar surface area (TPSA) is 49.4 Å². The molecule has 0 aromatic rings. The molecule has 0 bridgehead atoms. The van der Waals surface area contributed by atoms with E-state index in [1.54, 1.807) is 0 Å². The first kappa shape index (κ1) is 14.5. The Labute approximate surface area is 115 Å². The monoisotopic (exact) mass is 266 g/mol. The third-order valence-corrected chi connectivity index (χ3v) is 4.60. The van der Waals surface area contributed by atoms with Crippen LogP contribution in [0.2, 0.25) is 0 Å². The molecule has 2 fully saturated rings. The van der Waals surface area contributed by atoms with Crippen molar-refractivity contribution in [1.29, 1.82) is 0 Å². The minimum atomic E-state index is -0.340. The summed E-state index contributed by atoms with van der Waals surface area (Å²) in [6.45, 7) is 3.49. The summed E-state index contributed by atoms with van der Waals surface area (Å²) < 4.78 is 0. The molecule has 0 aromatic carbocycles. The Morgan fingerprint density at radius 3 is 2.42 bits per heavy atom. The number of rotatable bonds is 4. The summed E-state index contributed by atoms with van der Waals surface area (Å²) in [5, 5.41) is 3.10. The maximum absolute atomic E-state index is 12.7. The molecule has 1 aliphatic carbocycles. The second-order valence-corrected chi connectivity index (χ2v) is 6.34. The summed E-state index contributed by atoms with van der Waals surface area (Å²) >= 11 is 0. The Morgan fingerprint density at radius 1 is 1.21 bits per heavy atom. The Hall–Kier alpha value is -0.900. The van der Waals surface area contributed by atoms with Crippen molar-refractivity contribution in [3.8, 4) is 0 Å². The number of amides is 2. The molecule has 1 spiro atoms. The van der Waals surface area contributed by atoms with Gasteiger partial charge in [0, 0.05) is 13.0 Å². The second-order valence-electron chi connectivity index (χ2n) is 6.34. The van der Waals surface area contributed by atoms with Crippen molar-refractivity contribution in [2.45, 2.75) is 51.9 Å². The normalized spacial score (nSPS) is 24.8. The predicted octanol–water partition coefficient (Wildman–Crippen LogP) is 1.94. The molecular formula is C15H26N2O2. The summed E-state index contributed by atoms with van der Waals surface area (Å²) in [4.78, 5) is 26.4. The molecule has 1 N–H and O–H groups in total. The van der Waals surface area contributed by atoms with Gasteiger partial charge in [-0.15, -0.1) is 0 Å². The zero-order chi connectivity index (χ0) is 13.9. The summed E-state index contributed by atoms with van der Waals surface area (Å²) in [6, 6.07) is 0. The van der Waals surface area contributed by atoms with E-state index >= 15 is 0 Å². The minimum Gasteiger partial charge on any atom is -0.319 e. The Kier molecular flexibility index (Phi) is 4.61. The lowest BCUT2D eigenvalue weighted by Gasteiger charge is -2.26.